The van der Waals surface area contributed by atoms with Gasteiger partial charge in [0.1, 0.15) is 5.76 Å². The molecule has 0 unspecified atom stereocenters. The Labute approximate surface area is 132 Å². The molecule has 1 heterocycles. The lowest BCUT2D eigenvalue weighted by Gasteiger charge is -2.16. The lowest BCUT2D eigenvalue weighted by atomic mass is 10.2. The number of nitrogens with one attached hydrogen (secondary N) is 2. The van der Waals surface area contributed by atoms with Gasteiger partial charge < -0.3 is 20.1 Å². The molecule has 0 saturated carbocycles. The van der Waals surface area contributed by atoms with Gasteiger partial charge in [0.05, 0.1) is 18.8 Å². The number of amides is 1. The molecule has 0 atom stereocenters. The number of hydrogen-bond acceptors (Lipinski definition) is 4. The van der Waals surface area contributed by atoms with Crippen LogP contribution in [0.1, 0.15) is 30.9 Å². The fourth-order valence-corrected chi connectivity index (χ4v) is 1.68. The second kappa shape index (κ2) is 8.41. The van der Waals surface area contributed by atoms with E-state index in [2.05, 4.69) is 34.6 Å². The molecule has 0 bridgehead atoms. The summed E-state index contributed by atoms with van der Waals surface area (Å²) in [6.45, 7) is 9.45. The maximum atomic E-state index is 11.7. The van der Waals surface area contributed by atoms with Gasteiger partial charge in [-0.05, 0) is 19.8 Å². The normalized spacial score (nSPS) is 11.7. The maximum Gasteiger partial charge on any atom is 0.241 e. The second-order valence-electron chi connectivity index (χ2n) is 5.88. The van der Waals surface area contributed by atoms with Gasteiger partial charge in [0.15, 0.2) is 5.96 Å². The Morgan fingerprint density at radius 3 is 2.50 bits per heavy atom. The SMILES string of the molecule is Cc1noc(C)c1CN=C(NCC(=O)N(C)C)NCC(C)C. The van der Waals surface area contributed by atoms with Crippen LogP contribution in [-0.2, 0) is 11.3 Å². The topological polar surface area (TPSA) is 82.8 Å². The molecule has 0 spiro atoms. The Hall–Kier alpha value is -2.05. The smallest absolute Gasteiger partial charge is 0.241 e. The van der Waals surface area contributed by atoms with Crippen LogP contribution in [0.25, 0.3) is 0 Å². The summed E-state index contributed by atoms with van der Waals surface area (Å²) in [6, 6.07) is 0. The molecule has 1 aromatic rings. The number of aliphatic imine (C=N–C) groups is 1. The third-order valence-corrected chi connectivity index (χ3v) is 3.16. The number of carbonyl (C=O) groups excluding carboxylic acids is 1. The van der Waals surface area contributed by atoms with Crippen molar-refractivity contribution in [3.05, 3.63) is 17.0 Å². The van der Waals surface area contributed by atoms with Gasteiger partial charge in [0.25, 0.3) is 0 Å². The van der Waals surface area contributed by atoms with Crippen molar-refractivity contribution in [1.29, 1.82) is 0 Å². The first-order valence-corrected chi connectivity index (χ1v) is 7.45. The van der Waals surface area contributed by atoms with Gasteiger partial charge in [-0.25, -0.2) is 4.99 Å². The number of aromatic nitrogens is 1. The lowest BCUT2D eigenvalue weighted by Crippen LogP contribution is -2.44. The van der Waals surface area contributed by atoms with Crippen LogP contribution in [0.2, 0.25) is 0 Å². The van der Waals surface area contributed by atoms with Crippen molar-refractivity contribution < 1.29 is 9.32 Å². The van der Waals surface area contributed by atoms with Gasteiger partial charge in [0, 0.05) is 26.2 Å². The van der Waals surface area contributed by atoms with Gasteiger partial charge in [0.2, 0.25) is 5.91 Å². The number of likely N-dealkylation sites (N-methyl/N-ethyl adjacent to an activating group) is 1. The van der Waals surface area contributed by atoms with E-state index in [1.54, 1.807) is 19.0 Å². The van der Waals surface area contributed by atoms with E-state index >= 15 is 0 Å². The number of aryl methyl sites for hydroxylation is 2. The Bertz CT molecular complexity index is 501. The molecule has 2 N–H and O–H groups in total. The van der Waals surface area contributed by atoms with Crippen LogP contribution >= 0.6 is 0 Å². The number of carbonyl (C=O) groups is 1. The van der Waals surface area contributed by atoms with Crippen molar-refractivity contribution in [3.8, 4) is 0 Å². The summed E-state index contributed by atoms with van der Waals surface area (Å²) in [5.41, 5.74) is 1.82. The average molecular weight is 309 g/mol. The Kier molecular flexibility index (Phi) is 6.88. The Morgan fingerprint density at radius 1 is 1.32 bits per heavy atom. The van der Waals surface area contributed by atoms with E-state index in [4.69, 9.17) is 4.52 Å². The van der Waals surface area contributed by atoms with Crippen LogP contribution in [0.4, 0.5) is 0 Å². The van der Waals surface area contributed by atoms with E-state index < -0.39 is 0 Å². The van der Waals surface area contributed by atoms with Gasteiger partial charge in [-0.1, -0.05) is 19.0 Å². The zero-order valence-electron chi connectivity index (χ0n) is 14.4. The molecule has 0 aliphatic carbocycles. The monoisotopic (exact) mass is 309 g/mol. The molecule has 7 nitrogen and oxygen atoms in total. The molecule has 0 radical (unpaired) electrons. The van der Waals surface area contributed by atoms with Gasteiger partial charge in [-0.3, -0.25) is 4.79 Å². The minimum atomic E-state index is -0.00335. The predicted molar refractivity (Wildman–Crippen MR) is 86.7 cm³/mol. The highest BCUT2D eigenvalue weighted by Gasteiger charge is 2.10. The highest BCUT2D eigenvalue weighted by molar-refractivity contribution is 5.86. The van der Waals surface area contributed by atoms with Crippen LogP contribution in [-0.4, -0.2) is 49.1 Å². The fourth-order valence-electron chi connectivity index (χ4n) is 1.68. The molecular formula is C15H27N5O2. The zero-order valence-corrected chi connectivity index (χ0v) is 14.4. The quantitative estimate of drug-likeness (QED) is 0.607. The summed E-state index contributed by atoms with van der Waals surface area (Å²) in [7, 11) is 3.46. The standard InChI is InChI=1S/C15H27N5O2/c1-10(2)7-16-15(18-9-14(21)20(5)6)17-8-13-11(3)19-22-12(13)4/h10H,7-9H2,1-6H3,(H2,16,17,18). The van der Waals surface area contributed by atoms with Crippen molar-refractivity contribution in [1.82, 2.24) is 20.7 Å². The molecule has 7 heteroatoms. The summed E-state index contributed by atoms with van der Waals surface area (Å²) in [5, 5.41) is 10.2. The summed E-state index contributed by atoms with van der Waals surface area (Å²) in [6.07, 6.45) is 0. The first-order valence-electron chi connectivity index (χ1n) is 7.45. The number of guanidine groups is 1. The molecule has 1 aromatic heterocycles. The molecule has 0 aromatic carbocycles. The summed E-state index contributed by atoms with van der Waals surface area (Å²) < 4.78 is 5.13. The van der Waals surface area contributed by atoms with Crippen LogP contribution in [0, 0.1) is 19.8 Å². The first-order chi connectivity index (χ1) is 10.3. The third kappa shape index (κ3) is 5.75. The molecule has 0 aliphatic rings. The van der Waals surface area contributed by atoms with Crippen LogP contribution < -0.4 is 10.6 Å². The molecule has 1 amide bonds. The summed E-state index contributed by atoms with van der Waals surface area (Å²) in [4.78, 5) is 17.7. The fraction of sp³-hybridized carbons (Fsp3) is 0.667. The van der Waals surface area contributed by atoms with E-state index in [1.165, 1.54) is 0 Å². The molecule has 22 heavy (non-hydrogen) atoms. The number of hydrogen-bond donors (Lipinski definition) is 2. The number of rotatable bonds is 6. The first kappa shape index (κ1) is 18.0. The van der Waals surface area contributed by atoms with Gasteiger partial charge in [-0.2, -0.15) is 0 Å². The van der Waals surface area contributed by atoms with Crippen LogP contribution in [0.5, 0.6) is 0 Å². The van der Waals surface area contributed by atoms with Crippen molar-refractivity contribution in [3.63, 3.8) is 0 Å². The maximum absolute atomic E-state index is 11.7. The highest BCUT2D eigenvalue weighted by atomic mass is 16.5. The van der Waals surface area contributed by atoms with E-state index in [9.17, 15) is 4.79 Å². The molecule has 0 aliphatic heterocycles. The molecule has 0 saturated heterocycles. The van der Waals surface area contributed by atoms with Gasteiger partial charge >= 0.3 is 0 Å². The molecule has 124 valence electrons. The largest absolute Gasteiger partial charge is 0.361 e. The van der Waals surface area contributed by atoms with Crippen molar-refractivity contribution in [2.24, 2.45) is 10.9 Å². The Morgan fingerprint density at radius 2 is 2.00 bits per heavy atom. The zero-order chi connectivity index (χ0) is 16.7. The van der Waals surface area contributed by atoms with E-state index in [0.29, 0.717) is 18.4 Å². The summed E-state index contributed by atoms with van der Waals surface area (Å²) in [5.74, 6) is 1.87. The van der Waals surface area contributed by atoms with Crippen molar-refractivity contribution >= 4 is 11.9 Å². The molecule has 0 fully saturated rings. The van der Waals surface area contributed by atoms with Gasteiger partial charge in [-0.15, -0.1) is 0 Å². The highest BCUT2D eigenvalue weighted by Crippen LogP contribution is 2.12. The second-order valence-corrected chi connectivity index (χ2v) is 5.88. The Balaban J connectivity index is 2.71. The summed E-state index contributed by atoms with van der Waals surface area (Å²) >= 11 is 0. The van der Waals surface area contributed by atoms with Crippen molar-refractivity contribution in [2.75, 3.05) is 27.2 Å². The van der Waals surface area contributed by atoms with E-state index in [0.717, 1.165) is 23.6 Å². The number of nitrogens with zero attached hydrogens (tertiary/aromatic N) is 3. The van der Waals surface area contributed by atoms with Crippen molar-refractivity contribution in [2.45, 2.75) is 34.2 Å². The van der Waals surface area contributed by atoms with E-state index in [1.807, 2.05) is 13.8 Å². The average Bonchev–Trinajstić information content (AvgIpc) is 2.76. The minimum Gasteiger partial charge on any atom is -0.361 e. The molecular weight excluding hydrogens is 282 g/mol. The molecule has 1 rings (SSSR count). The third-order valence-electron chi connectivity index (χ3n) is 3.16. The van der Waals surface area contributed by atoms with Crippen LogP contribution in [0.15, 0.2) is 9.52 Å². The van der Waals surface area contributed by atoms with E-state index in [-0.39, 0.29) is 12.5 Å². The predicted octanol–water partition coefficient (Wildman–Crippen LogP) is 1.07. The lowest BCUT2D eigenvalue weighted by molar-refractivity contribution is -0.127. The minimum absolute atomic E-state index is 0.00335. The van der Waals surface area contributed by atoms with Crippen LogP contribution in [0.3, 0.4) is 0 Å².